The highest BCUT2D eigenvalue weighted by Crippen LogP contribution is 2.09. The lowest BCUT2D eigenvalue weighted by Crippen LogP contribution is -2.24. The highest BCUT2D eigenvalue weighted by Gasteiger charge is 2.17. The van der Waals surface area contributed by atoms with E-state index in [1.54, 1.807) is 20.8 Å². The van der Waals surface area contributed by atoms with Gasteiger partial charge in [-0.2, -0.15) is 0 Å². The largest absolute Gasteiger partial charge is 0.509 e. The number of carbonyl (C=O) groups excluding carboxylic acids is 1. The van der Waals surface area contributed by atoms with Crippen molar-refractivity contribution in [2.75, 3.05) is 0 Å². The molecule has 0 aliphatic heterocycles. The van der Waals surface area contributed by atoms with Crippen LogP contribution >= 0.6 is 0 Å². The van der Waals surface area contributed by atoms with E-state index in [1.165, 1.54) is 0 Å². The van der Waals surface area contributed by atoms with Crippen molar-refractivity contribution >= 4 is 6.16 Å². The Balaban J connectivity index is 2.35. The molecule has 0 aromatic heterocycles. The van der Waals surface area contributed by atoms with Gasteiger partial charge < -0.3 is 9.47 Å². The van der Waals surface area contributed by atoms with Crippen molar-refractivity contribution in [2.24, 2.45) is 0 Å². The summed E-state index contributed by atoms with van der Waals surface area (Å²) in [5, 5.41) is 0. The Kier molecular flexibility index (Phi) is 3.72. The van der Waals surface area contributed by atoms with E-state index in [4.69, 9.17) is 9.47 Å². The first-order valence-corrected chi connectivity index (χ1v) is 4.87. The number of benzene rings is 1. The fourth-order valence-corrected chi connectivity index (χ4v) is 0.996. The van der Waals surface area contributed by atoms with Gasteiger partial charge in [-0.1, -0.05) is 30.3 Å². The van der Waals surface area contributed by atoms with Crippen LogP contribution in [0.25, 0.3) is 0 Å². The van der Waals surface area contributed by atoms with Gasteiger partial charge in [0.15, 0.2) is 0 Å². The average molecular weight is 208 g/mol. The van der Waals surface area contributed by atoms with Crippen LogP contribution in [-0.4, -0.2) is 11.8 Å². The number of rotatable bonds is 2. The van der Waals surface area contributed by atoms with E-state index in [0.29, 0.717) is 0 Å². The lowest BCUT2D eigenvalue weighted by molar-refractivity contribution is -0.0108. The summed E-state index contributed by atoms with van der Waals surface area (Å²) < 4.78 is 9.94. The van der Waals surface area contributed by atoms with Gasteiger partial charge >= 0.3 is 6.16 Å². The second kappa shape index (κ2) is 4.82. The molecule has 0 fully saturated rings. The number of hydrogen-bond acceptors (Lipinski definition) is 3. The maximum absolute atomic E-state index is 11.2. The highest BCUT2D eigenvalue weighted by molar-refractivity contribution is 5.60. The van der Waals surface area contributed by atoms with Crippen molar-refractivity contribution in [2.45, 2.75) is 33.0 Å². The van der Waals surface area contributed by atoms with Gasteiger partial charge in [-0.15, -0.1) is 0 Å². The smallest absolute Gasteiger partial charge is 0.429 e. The third-order valence-electron chi connectivity index (χ3n) is 1.59. The van der Waals surface area contributed by atoms with Crippen molar-refractivity contribution in [1.29, 1.82) is 0 Å². The second-order valence-corrected chi connectivity index (χ2v) is 4.24. The van der Waals surface area contributed by atoms with Crippen LogP contribution in [0.5, 0.6) is 0 Å². The Morgan fingerprint density at radius 2 is 1.80 bits per heavy atom. The molecule has 0 heterocycles. The molecule has 3 heteroatoms. The Labute approximate surface area is 90.0 Å². The monoisotopic (exact) mass is 208 g/mol. The predicted molar refractivity (Wildman–Crippen MR) is 57.5 cm³/mol. The summed E-state index contributed by atoms with van der Waals surface area (Å²) in [7, 11) is 0. The maximum Gasteiger partial charge on any atom is 0.509 e. The standard InChI is InChI=1S/C12H16O3/c1-12(2,3)15-11(13)14-9-10-7-5-4-6-8-10/h4-8H,9H2,1-3H3. The van der Waals surface area contributed by atoms with Gasteiger partial charge in [-0.3, -0.25) is 0 Å². The fraction of sp³-hybridized carbons (Fsp3) is 0.417. The van der Waals surface area contributed by atoms with E-state index < -0.39 is 11.8 Å². The molecular formula is C12H16O3. The Morgan fingerprint density at radius 1 is 1.20 bits per heavy atom. The second-order valence-electron chi connectivity index (χ2n) is 4.24. The zero-order valence-corrected chi connectivity index (χ0v) is 9.32. The number of ether oxygens (including phenoxy) is 2. The SMILES string of the molecule is CC(C)(C)OC(=O)OCc1ccccc1. The molecule has 0 bridgehead atoms. The van der Waals surface area contributed by atoms with E-state index >= 15 is 0 Å². The minimum atomic E-state index is -0.633. The van der Waals surface area contributed by atoms with Crippen LogP contribution in [0, 0.1) is 0 Å². The van der Waals surface area contributed by atoms with E-state index in [-0.39, 0.29) is 6.61 Å². The Hall–Kier alpha value is -1.51. The summed E-state index contributed by atoms with van der Waals surface area (Å²) in [6.45, 7) is 5.65. The summed E-state index contributed by atoms with van der Waals surface area (Å²) in [6, 6.07) is 9.49. The molecular weight excluding hydrogens is 192 g/mol. The Bertz CT molecular complexity index is 311. The lowest BCUT2D eigenvalue weighted by atomic mass is 10.2. The van der Waals surface area contributed by atoms with Crippen LogP contribution in [0.15, 0.2) is 30.3 Å². The van der Waals surface area contributed by atoms with Gasteiger partial charge in [0, 0.05) is 0 Å². The lowest BCUT2D eigenvalue weighted by Gasteiger charge is -2.18. The summed E-state index contributed by atoms with van der Waals surface area (Å²) in [4.78, 5) is 11.2. The highest BCUT2D eigenvalue weighted by atomic mass is 16.7. The molecule has 0 spiro atoms. The first kappa shape index (κ1) is 11.6. The van der Waals surface area contributed by atoms with Gasteiger partial charge in [-0.25, -0.2) is 4.79 Å². The van der Waals surface area contributed by atoms with E-state index in [1.807, 2.05) is 30.3 Å². The van der Waals surface area contributed by atoms with Gasteiger partial charge in [0.05, 0.1) is 0 Å². The van der Waals surface area contributed by atoms with Crippen LogP contribution in [0.1, 0.15) is 26.3 Å². The summed E-state index contributed by atoms with van der Waals surface area (Å²) >= 11 is 0. The van der Waals surface area contributed by atoms with Crippen molar-refractivity contribution < 1.29 is 14.3 Å². The average Bonchev–Trinajstić information content (AvgIpc) is 2.14. The van der Waals surface area contributed by atoms with Crippen molar-refractivity contribution in [3.8, 4) is 0 Å². The molecule has 0 N–H and O–H groups in total. The number of hydrogen-bond donors (Lipinski definition) is 0. The topological polar surface area (TPSA) is 35.5 Å². The normalized spacial score (nSPS) is 10.9. The first-order valence-electron chi connectivity index (χ1n) is 4.87. The van der Waals surface area contributed by atoms with E-state index in [9.17, 15) is 4.79 Å². The minimum absolute atomic E-state index is 0.246. The van der Waals surface area contributed by atoms with Crippen molar-refractivity contribution in [1.82, 2.24) is 0 Å². The Morgan fingerprint density at radius 3 is 2.33 bits per heavy atom. The maximum atomic E-state index is 11.2. The molecule has 82 valence electrons. The molecule has 0 radical (unpaired) electrons. The van der Waals surface area contributed by atoms with Crippen molar-refractivity contribution in [3.05, 3.63) is 35.9 Å². The van der Waals surface area contributed by atoms with E-state index in [2.05, 4.69) is 0 Å². The minimum Gasteiger partial charge on any atom is -0.429 e. The molecule has 0 amide bonds. The molecule has 0 saturated carbocycles. The van der Waals surface area contributed by atoms with Crippen molar-refractivity contribution in [3.63, 3.8) is 0 Å². The van der Waals surface area contributed by atoms with Gasteiger partial charge in [0.1, 0.15) is 12.2 Å². The van der Waals surface area contributed by atoms with Crippen LogP contribution in [0.4, 0.5) is 4.79 Å². The molecule has 0 unspecified atom stereocenters. The van der Waals surface area contributed by atoms with E-state index in [0.717, 1.165) is 5.56 Å². The zero-order chi connectivity index (χ0) is 11.3. The van der Waals surface area contributed by atoms with Crippen LogP contribution in [0.3, 0.4) is 0 Å². The molecule has 1 rings (SSSR count). The third kappa shape index (κ3) is 5.05. The molecule has 0 saturated heterocycles. The fourth-order valence-electron chi connectivity index (χ4n) is 0.996. The molecule has 0 aliphatic carbocycles. The molecule has 15 heavy (non-hydrogen) atoms. The summed E-state index contributed by atoms with van der Waals surface area (Å²) in [5.74, 6) is 0. The first-order chi connectivity index (χ1) is 6.97. The van der Waals surface area contributed by atoms with Gasteiger partial charge in [0.2, 0.25) is 0 Å². The molecule has 0 aliphatic rings. The zero-order valence-electron chi connectivity index (χ0n) is 9.32. The van der Waals surface area contributed by atoms with Crippen LogP contribution < -0.4 is 0 Å². The molecule has 3 nitrogen and oxygen atoms in total. The van der Waals surface area contributed by atoms with Gasteiger partial charge in [-0.05, 0) is 26.3 Å². The number of carbonyl (C=O) groups is 1. The summed E-state index contributed by atoms with van der Waals surface area (Å²) in [6.07, 6.45) is -0.633. The summed E-state index contributed by atoms with van der Waals surface area (Å²) in [5.41, 5.74) is 0.441. The third-order valence-corrected chi connectivity index (χ3v) is 1.59. The molecule has 1 aromatic carbocycles. The molecule has 1 aromatic rings. The van der Waals surface area contributed by atoms with Crippen LogP contribution in [-0.2, 0) is 16.1 Å². The van der Waals surface area contributed by atoms with Crippen LogP contribution in [0.2, 0.25) is 0 Å². The van der Waals surface area contributed by atoms with Gasteiger partial charge in [0.25, 0.3) is 0 Å². The quantitative estimate of drug-likeness (QED) is 0.700. The predicted octanol–water partition coefficient (Wildman–Crippen LogP) is 3.14. The molecule has 0 atom stereocenters.